The fourth-order valence-corrected chi connectivity index (χ4v) is 5.60. The molecule has 0 amide bonds. The number of halogens is 2. The highest BCUT2D eigenvalue weighted by Gasteiger charge is 2.47. The smallest absolute Gasteiger partial charge is 0.145 e. The van der Waals surface area contributed by atoms with Crippen LogP contribution in [0.5, 0.6) is 11.5 Å². The van der Waals surface area contributed by atoms with Crippen molar-refractivity contribution in [2.24, 2.45) is 5.41 Å². The highest BCUT2D eigenvalue weighted by molar-refractivity contribution is 8.00. The van der Waals surface area contributed by atoms with Gasteiger partial charge in [-0.25, -0.2) is 14.4 Å². The minimum Gasteiger partial charge on any atom is -0.497 e. The Morgan fingerprint density at radius 3 is 2.78 bits per heavy atom. The van der Waals surface area contributed by atoms with Gasteiger partial charge in [0.25, 0.3) is 0 Å². The van der Waals surface area contributed by atoms with Crippen LogP contribution in [0.2, 0.25) is 5.02 Å². The molecule has 32 heavy (non-hydrogen) atoms. The number of thioether (sulfide) groups is 1. The van der Waals surface area contributed by atoms with E-state index >= 15 is 0 Å². The largest absolute Gasteiger partial charge is 0.497 e. The molecule has 0 aliphatic carbocycles. The number of methoxy groups -OCH3 is 1. The van der Waals surface area contributed by atoms with Crippen LogP contribution in [0.3, 0.4) is 0 Å². The molecule has 2 fully saturated rings. The zero-order chi connectivity index (χ0) is 22.1. The standard InChI is InChI=1S/C23H24ClFN4O2S/c1-30-16-8-19-21(22(27-14-26-19)28-15-3-4-18(25)17(24)7-15)20(9-16)31-6-2-5-29-10-23(11-29)12-32-13-23/h3-4,7-9,14H,2,5-6,10-13H2,1H3,(H,26,27,28). The van der Waals surface area contributed by atoms with Crippen LogP contribution < -0.4 is 14.8 Å². The summed E-state index contributed by atoms with van der Waals surface area (Å²) in [6.07, 6.45) is 2.41. The van der Waals surface area contributed by atoms with Crippen LogP contribution >= 0.6 is 23.4 Å². The van der Waals surface area contributed by atoms with Gasteiger partial charge in [-0.2, -0.15) is 11.8 Å². The Balaban J connectivity index is 1.32. The first-order valence-electron chi connectivity index (χ1n) is 10.5. The maximum Gasteiger partial charge on any atom is 0.145 e. The van der Waals surface area contributed by atoms with Gasteiger partial charge in [-0.3, -0.25) is 0 Å². The Kier molecular flexibility index (Phi) is 6.01. The first-order chi connectivity index (χ1) is 15.5. The molecule has 1 aromatic heterocycles. The lowest BCUT2D eigenvalue weighted by Gasteiger charge is -2.55. The highest BCUT2D eigenvalue weighted by atomic mass is 35.5. The molecule has 5 rings (SSSR count). The molecule has 168 valence electrons. The van der Waals surface area contributed by atoms with Crippen molar-refractivity contribution in [3.05, 3.63) is 47.5 Å². The fourth-order valence-electron chi connectivity index (χ4n) is 4.27. The van der Waals surface area contributed by atoms with E-state index in [2.05, 4.69) is 20.2 Å². The molecular formula is C23H24ClFN4O2S. The van der Waals surface area contributed by atoms with Crippen molar-refractivity contribution in [3.63, 3.8) is 0 Å². The number of hydrogen-bond acceptors (Lipinski definition) is 7. The first kappa shape index (κ1) is 21.6. The summed E-state index contributed by atoms with van der Waals surface area (Å²) in [4.78, 5) is 11.3. The summed E-state index contributed by atoms with van der Waals surface area (Å²) in [5.41, 5.74) is 1.92. The third-order valence-corrected chi connectivity index (χ3v) is 7.83. The molecule has 6 nitrogen and oxygen atoms in total. The van der Waals surface area contributed by atoms with Crippen molar-refractivity contribution in [3.8, 4) is 11.5 Å². The van der Waals surface area contributed by atoms with Gasteiger partial charge in [0.15, 0.2) is 0 Å². The molecule has 2 saturated heterocycles. The fraction of sp³-hybridized carbons (Fsp3) is 0.391. The quantitative estimate of drug-likeness (QED) is 0.461. The van der Waals surface area contributed by atoms with Crippen LogP contribution in [0.25, 0.3) is 10.9 Å². The lowest BCUT2D eigenvalue weighted by atomic mass is 9.83. The van der Waals surface area contributed by atoms with Gasteiger partial charge in [0.05, 0.1) is 29.6 Å². The predicted octanol–water partition coefficient (Wildman–Crippen LogP) is 4.99. The van der Waals surface area contributed by atoms with E-state index in [-0.39, 0.29) is 5.02 Å². The Morgan fingerprint density at radius 1 is 1.22 bits per heavy atom. The summed E-state index contributed by atoms with van der Waals surface area (Å²) in [7, 11) is 1.62. The number of likely N-dealkylation sites (tertiary alicyclic amines) is 1. The average molecular weight is 475 g/mol. The summed E-state index contributed by atoms with van der Waals surface area (Å²) >= 11 is 7.98. The molecule has 0 radical (unpaired) electrons. The average Bonchev–Trinajstić information content (AvgIpc) is 2.73. The molecule has 2 aromatic carbocycles. The maximum atomic E-state index is 13.5. The topological polar surface area (TPSA) is 59.5 Å². The minimum atomic E-state index is -0.470. The van der Waals surface area contributed by atoms with Crippen molar-refractivity contribution in [2.75, 3.05) is 50.2 Å². The van der Waals surface area contributed by atoms with Crippen molar-refractivity contribution >= 4 is 45.8 Å². The molecule has 2 aliphatic rings. The normalized spacial score (nSPS) is 17.1. The molecule has 2 aliphatic heterocycles. The molecule has 9 heteroatoms. The van der Waals surface area contributed by atoms with Crippen molar-refractivity contribution in [1.82, 2.24) is 14.9 Å². The van der Waals surface area contributed by atoms with Gasteiger partial charge in [-0.05, 0) is 24.6 Å². The summed E-state index contributed by atoms with van der Waals surface area (Å²) in [6.45, 7) is 4.04. The van der Waals surface area contributed by atoms with E-state index in [1.54, 1.807) is 13.2 Å². The van der Waals surface area contributed by atoms with Crippen LogP contribution in [0, 0.1) is 11.2 Å². The van der Waals surface area contributed by atoms with Gasteiger partial charge in [0, 0.05) is 54.4 Å². The molecule has 3 heterocycles. The first-order valence-corrected chi connectivity index (χ1v) is 12.1. The molecule has 3 aromatic rings. The lowest BCUT2D eigenvalue weighted by molar-refractivity contribution is 0.0265. The van der Waals surface area contributed by atoms with Gasteiger partial charge in [0.1, 0.15) is 29.5 Å². The SMILES string of the molecule is COc1cc(OCCCN2CC3(CSC3)C2)c2c(Nc3ccc(F)c(Cl)c3)ncnc2c1. The molecule has 0 unspecified atom stereocenters. The monoisotopic (exact) mass is 474 g/mol. The molecule has 0 bridgehead atoms. The molecule has 1 N–H and O–H groups in total. The molecular weight excluding hydrogens is 451 g/mol. The Morgan fingerprint density at radius 2 is 2.06 bits per heavy atom. The Hall–Kier alpha value is -2.29. The number of fused-ring (bicyclic) bond motifs is 1. The second-order valence-electron chi connectivity index (χ2n) is 8.40. The van der Waals surface area contributed by atoms with E-state index in [1.807, 2.05) is 23.9 Å². The highest BCUT2D eigenvalue weighted by Crippen LogP contribution is 2.45. The van der Waals surface area contributed by atoms with Crippen LogP contribution in [-0.2, 0) is 0 Å². The van der Waals surface area contributed by atoms with Gasteiger partial charge in [-0.15, -0.1) is 0 Å². The van der Waals surface area contributed by atoms with E-state index in [0.29, 0.717) is 40.5 Å². The predicted molar refractivity (Wildman–Crippen MR) is 127 cm³/mol. The molecule has 1 spiro atoms. The van der Waals surface area contributed by atoms with Crippen LogP contribution in [0.15, 0.2) is 36.7 Å². The van der Waals surface area contributed by atoms with Crippen LogP contribution in [0.4, 0.5) is 15.9 Å². The van der Waals surface area contributed by atoms with Crippen molar-refractivity contribution in [2.45, 2.75) is 6.42 Å². The van der Waals surface area contributed by atoms with Gasteiger partial charge < -0.3 is 19.7 Å². The van der Waals surface area contributed by atoms with E-state index in [1.165, 1.54) is 43.1 Å². The molecule has 0 saturated carbocycles. The second-order valence-corrected chi connectivity index (χ2v) is 9.79. The number of anilines is 2. The number of hydrogen-bond donors (Lipinski definition) is 1. The molecule has 0 atom stereocenters. The third kappa shape index (κ3) is 4.31. The minimum absolute atomic E-state index is 0.0415. The van der Waals surface area contributed by atoms with E-state index in [0.717, 1.165) is 18.4 Å². The zero-order valence-corrected chi connectivity index (χ0v) is 19.3. The van der Waals surface area contributed by atoms with E-state index in [4.69, 9.17) is 21.1 Å². The maximum absolute atomic E-state index is 13.5. The number of rotatable bonds is 8. The van der Waals surface area contributed by atoms with Gasteiger partial charge in [0.2, 0.25) is 0 Å². The van der Waals surface area contributed by atoms with Crippen LogP contribution in [0.1, 0.15) is 6.42 Å². The number of benzene rings is 2. The summed E-state index contributed by atoms with van der Waals surface area (Å²) < 4.78 is 25.1. The number of nitrogens with one attached hydrogen (secondary N) is 1. The van der Waals surface area contributed by atoms with E-state index < -0.39 is 5.82 Å². The Labute approximate surface area is 195 Å². The lowest BCUT2D eigenvalue weighted by Crippen LogP contribution is -2.62. The number of ether oxygens (including phenoxy) is 2. The van der Waals surface area contributed by atoms with E-state index in [9.17, 15) is 4.39 Å². The third-order valence-electron chi connectivity index (χ3n) is 5.90. The van der Waals surface area contributed by atoms with Crippen molar-refractivity contribution < 1.29 is 13.9 Å². The second kappa shape index (κ2) is 8.92. The zero-order valence-electron chi connectivity index (χ0n) is 17.7. The van der Waals surface area contributed by atoms with Gasteiger partial charge in [-0.1, -0.05) is 11.6 Å². The summed E-state index contributed by atoms with van der Waals surface area (Å²) in [5, 5.41) is 3.99. The summed E-state index contributed by atoms with van der Waals surface area (Å²) in [6, 6.07) is 8.13. The van der Waals surface area contributed by atoms with Crippen LogP contribution in [-0.4, -0.2) is 59.7 Å². The van der Waals surface area contributed by atoms with Crippen molar-refractivity contribution in [1.29, 1.82) is 0 Å². The number of nitrogens with zero attached hydrogens (tertiary/aromatic N) is 3. The summed E-state index contributed by atoms with van der Waals surface area (Å²) in [5.74, 6) is 4.01. The number of aromatic nitrogens is 2. The van der Waals surface area contributed by atoms with Gasteiger partial charge >= 0.3 is 0 Å². The Bertz CT molecular complexity index is 1140.